The lowest BCUT2D eigenvalue weighted by atomic mass is 9.90. The van der Waals surface area contributed by atoms with Crippen LogP contribution < -0.4 is 9.75 Å². The van der Waals surface area contributed by atoms with Gasteiger partial charge in [0.15, 0.2) is 5.75 Å². The first kappa shape index (κ1) is 17.1. The molecule has 0 spiro atoms. The molecule has 0 saturated carbocycles. The third-order valence-electron chi connectivity index (χ3n) is 5.81. The molecule has 0 N–H and O–H groups in total. The highest BCUT2D eigenvalue weighted by Crippen LogP contribution is 2.52. The predicted molar refractivity (Wildman–Crippen MR) is 109 cm³/mol. The topological polar surface area (TPSA) is 41.7 Å². The summed E-state index contributed by atoms with van der Waals surface area (Å²) >= 11 is 3.81. The van der Waals surface area contributed by atoms with Crippen molar-refractivity contribution in [3.8, 4) is 16.9 Å². The van der Waals surface area contributed by atoms with E-state index >= 15 is 0 Å². The van der Waals surface area contributed by atoms with Crippen molar-refractivity contribution in [1.29, 1.82) is 0 Å². The van der Waals surface area contributed by atoms with Crippen molar-refractivity contribution in [3.05, 3.63) is 51.9 Å². The van der Waals surface area contributed by atoms with E-state index in [0.717, 1.165) is 45.8 Å². The summed E-state index contributed by atoms with van der Waals surface area (Å²) < 4.78 is 13.0. The molecule has 5 rings (SSSR count). The van der Waals surface area contributed by atoms with Gasteiger partial charge in [0.2, 0.25) is 0 Å². The maximum Gasteiger partial charge on any atom is 0.152 e. The lowest BCUT2D eigenvalue weighted by molar-refractivity contribution is 0.175. The van der Waals surface area contributed by atoms with E-state index < -0.39 is 0 Å². The number of rotatable bonds is 2. The van der Waals surface area contributed by atoms with Gasteiger partial charge in [0, 0.05) is 35.1 Å². The molecule has 0 radical (unpaired) electrons. The number of anilines is 1. The normalized spacial score (nSPS) is 23.6. The Bertz CT molecular complexity index is 959. The quantitative estimate of drug-likeness (QED) is 0.689. The van der Waals surface area contributed by atoms with Gasteiger partial charge in [0.05, 0.1) is 17.3 Å². The van der Waals surface area contributed by atoms with Crippen LogP contribution in [0.1, 0.15) is 23.4 Å². The molecule has 27 heavy (non-hydrogen) atoms. The molecule has 0 fully saturated rings. The van der Waals surface area contributed by atoms with Gasteiger partial charge in [-0.2, -0.15) is 0 Å². The van der Waals surface area contributed by atoms with Gasteiger partial charge in [-0.3, -0.25) is 5.01 Å². The molecular weight excluding hydrogens is 406 g/mol. The van der Waals surface area contributed by atoms with Gasteiger partial charge in [-0.25, -0.2) is 5.01 Å². The first-order valence-corrected chi connectivity index (χ1v) is 10.1. The van der Waals surface area contributed by atoms with E-state index in [9.17, 15) is 0 Å². The zero-order valence-electron chi connectivity index (χ0n) is 15.7. The number of aryl methyl sites for hydroxylation is 2. The maximum atomic E-state index is 6.43. The number of benzene rings is 1. The van der Waals surface area contributed by atoms with Crippen LogP contribution in [-0.2, 0) is 6.54 Å². The van der Waals surface area contributed by atoms with Crippen molar-refractivity contribution in [2.45, 2.75) is 32.9 Å². The molecule has 5 nitrogen and oxygen atoms in total. The fourth-order valence-corrected chi connectivity index (χ4v) is 5.12. The molecule has 2 unspecified atom stereocenters. The monoisotopic (exact) mass is 427 g/mol. The largest absolute Gasteiger partial charge is 0.488 e. The Hall–Kier alpha value is -2.05. The van der Waals surface area contributed by atoms with Crippen molar-refractivity contribution in [3.63, 3.8) is 0 Å². The summed E-state index contributed by atoms with van der Waals surface area (Å²) in [5.41, 5.74) is 5.43. The zero-order chi connectivity index (χ0) is 18.7. The Morgan fingerprint density at radius 1 is 1.26 bits per heavy atom. The molecule has 1 aliphatic carbocycles. The van der Waals surface area contributed by atoms with Crippen LogP contribution >= 0.6 is 15.9 Å². The number of ether oxygens (including phenoxy) is 1. The second-order valence-electron chi connectivity index (χ2n) is 7.51. The first-order chi connectivity index (χ1) is 13.1. The van der Waals surface area contributed by atoms with Crippen LogP contribution in [0.25, 0.3) is 11.1 Å². The molecule has 1 aromatic heterocycles. The molecule has 2 aliphatic heterocycles. The SMILES string of the molecule is Cc1noc(C)c1-c1cc(Br)c2c3c1OCC(C1C=CC=CC1)N3N(C)C2. The summed E-state index contributed by atoms with van der Waals surface area (Å²) in [5, 5.41) is 8.90. The van der Waals surface area contributed by atoms with Crippen molar-refractivity contribution in [2.24, 2.45) is 5.92 Å². The molecule has 1 aromatic carbocycles. The predicted octanol–water partition coefficient (Wildman–Crippen LogP) is 4.78. The summed E-state index contributed by atoms with van der Waals surface area (Å²) in [4.78, 5) is 0. The summed E-state index contributed by atoms with van der Waals surface area (Å²) in [6.45, 7) is 5.47. The van der Waals surface area contributed by atoms with Crippen LogP contribution in [0.4, 0.5) is 5.69 Å². The minimum atomic E-state index is 0.289. The van der Waals surface area contributed by atoms with Crippen molar-refractivity contribution in [1.82, 2.24) is 10.2 Å². The third-order valence-corrected chi connectivity index (χ3v) is 6.52. The average molecular weight is 428 g/mol. The van der Waals surface area contributed by atoms with Crippen LogP contribution in [0, 0.1) is 19.8 Å². The number of allylic oxidation sites excluding steroid dienone is 3. The van der Waals surface area contributed by atoms with Gasteiger partial charge in [-0.05, 0) is 26.3 Å². The summed E-state index contributed by atoms with van der Waals surface area (Å²) in [7, 11) is 2.16. The van der Waals surface area contributed by atoms with Crippen molar-refractivity contribution < 1.29 is 9.26 Å². The second kappa shape index (κ2) is 6.24. The summed E-state index contributed by atoms with van der Waals surface area (Å²) in [6, 6.07) is 2.44. The standard InChI is InChI=1S/C21H22BrN3O2/c1-12-19(13(2)27-23-12)15-9-17(22)16-10-24(3)25-18(11-26-21(15)20(16)25)14-7-5-4-6-8-14/h4-7,9,14,18H,8,10-11H2,1-3H3. The van der Waals surface area contributed by atoms with E-state index in [2.05, 4.69) is 68.5 Å². The van der Waals surface area contributed by atoms with Crippen LogP contribution in [0.5, 0.6) is 5.75 Å². The molecule has 0 amide bonds. The fraction of sp³-hybridized carbons (Fsp3) is 0.381. The number of hydrogen-bond donors (Lipinski definition) is 0. The van der Waals surface area contributed by atoms with E-state index in [4.69, 9.17) is 9.26 Å². The summed E-state index contributed by atoms with van der Waals surface area (Å²) in [6.07, 6.45) is 9.87. The Kier molecular flexibility index (Phi) is 3.95. The molecule has 6 heteroatoms. The Morgan fingerprint density at radius 2 is 2.11 bits per heavy atom. The molecule has 0 bridgehead atoms. The highest BCUT2D eigenvalue weighted by Gasteiger charge is 2.42. The molecule has 2 atom stereocenters. The molecule has 2 aromatic rings. The molecule has 3 heterocycles. The zero-order valence-corrected chi connectivity index (χ0v) is 17.3. The molecule has 140 valence electrons. The number of hydrazine groups is 1. The van der Waals surface area contributed by atoms with Crippen LogP contribution in [0.15, 0.2) is 39.4 Å². The lowest BCUT2D eigenvalue weighted by Gasteiger charge is -2.42. The van der Waals surface area contributed by atoms with Crippen molar-refractivity contribution >= 4 is 21.6 Å². The molecular formula is C21H22BrN3O2. The Balaban J connectivity index is 1.68. The van der Waals surface area contributed by atoms with Gasteiger partial charge in [-0.1, -0.05) is 45.4 Å². The third kappa shape index (κ3) is 2.50. The molecule has 0 saturated heterocycles. The highest BCUT2D eigenvalue weighted by molar-refractivity contribution is 9.10. The van der Waals surface area contributed by atoms with E-state index in [-0.39, 0.29) is 6.04 Å². The number of aromatic nitrogens is 1. The van der Waals surface area contributed by atoms with Gasteiger partial charge < -0.3 is 9.26 Å². The van der Waals surface area contributed by atoms with E-state index in [0.29, 0.717) is 12.5 Å². The number of hydrogen-bond acceptors (Lipinski definition) is 5. The van der Waals surface area contributed by atoms with Gasteiger partial charge in [-0.15, -0.1) is 0 Å². The highest BCUT2D eigenvalue weighted by atomic mass is 79.9. The lowest BCUT2D eigenvalue weighted by Crippen LogP contribution is -2.51. The number of halogens is 1. The van der Waals surface area contributed by atoms with Crippen LogP contribution in [0.3, 0.4) is 0 Å². The number of nitrogens with zero attached hydrogens (tertiary/aromatic N) is 3. The maximum absolute atomic E-state index is 6.43. The minimum Gasteiger partial charge on any atom is -0.488 e. The second-order valence-corrected chi connectivity index (χ2v) is 8.37. The Labute approximate surface area is 167 Å². The van der Waals surface area contributed by atoms with Crippen LogP contribution in [-0.4, -0.2) is 29.9 Å². The first-order valence-electron chi connectivity index (χ1n) is 9.31. The van der Waals surface area contributed by atoms with E-state index in [1.807, 2.05) is 13.8 Å². The van der Waals surface area contributed by atoms with Gasteiger partial charge in [0.1, 0.15) is 18.1 Å². The van der Waals surface area contributed by atoms with E-state index in [1.165, 1.54) is 11.3 Å². The van der Waals surface area contributed by atoms with Crippen LogP contribution in [0.2, 0.25) is 0 Å². The Morgan fingerprint density at radius 3 is 2.81 bits per heavy atom. The summed E-state index contributed by atoms with van der Waals surface area (Å²) in [5.74, 6) is 2.20. The smallest absolute Gasteiger partial charge is 0.152 e. The fourth-order valence-electron chi connectivity index (χ4n) is 4.57. The van der Waals surface area contributed by atoms with Gasteiger partial charge in [0.25, 0.3) is 0 Å². The molecule has 3 aliphatic rings. The van der Waals surface area contributed by atoms with Crippen molar-refractivity contribution in [2.75, 3.05) is 18.7 Å². The van der Waals surface area contributed by atoms with E-state index in [1.54, 1.807) is 0 Å². The average Bonchev–Trinajstić information content (AvgIpc) is 3.20. The van der Waals surface area contributed by atoms with Gasteiger partial charge >= 0.3 is 0 Å². The minimum absolute atomic E-state index is 0.289.